The highest BCUT2D eigenvalue weighted by atomic mass is 32.2. The summed E-state index contributed by atoms with van der Waals surface area (Å²) in [5, 5.41) is 0. The Morgan fingerprint density at radius 3 is 1.81 bits per heavy atom. The zero-order valence-corrected chi connectivity index (χ0v) is 10.3. The van der Waals surface area contributed by atoms with Gasteiger partial charge in [0.1, 0.15) is 0 Å². The van der Waals surface area contributed by atoms with Crippen LogP contribution in [0.2, 0.25) is 0 Å². The quantitative estimate of drug-likeness (QED) is 0.713. The molecule has 4 fully saturated rings. The van der Waals surface area contributed by atoms with Crippen LogP contribution in [0.25, 0.3) is 0 Å². The van der Waals surface area contributed by atoms with Gasteiger partial charge in [-0.1, -0.05) is 0 Å². The summed E-state index contributed by atoms with van der Waals surface area (Å²) in [6.07, 6.45) is 8.29. The molecule has 4 heteroatoms. The van der Waals surface area contributed by atoms with Gasteiger partial charge < -0.3 is 4.55 Å². The third-order valence-electron chi connectivity index (χ3n) is 5.05. The molecular weight excluding hydrogens is 224 g/mol. The Bertz CT molecular complexity index is 350. The van der Waals surface area contributed by atoms with Gasteiger partial charge in [-0.3, -0.25) is 0 Å². The van der Waals surface area contributed by atoms with Gasteiger partial charge in [-0.2, -0.15) is 0 Å². The highest BCUT2D eigenvalue weighted by Gasteiger charge is 2.50. The molecular formula is C12H19O3S-. The van der Waals surface area contributed by atoms with Crippen molar-refractivity contribution in [3.05, 3.63) is 0 Å². The first-order valence-corrected chi connectivity index (χ1v) is 7.95. The van der Waals surface area contributed by atoms with Gasteiger partial charge in [-0.15, -0.1) is 0 Å². The van der Waals surface area contributed by atoms with Gasteiger partial charge in [0, 0.05) is 5.75 Å². The topological polar surface area (TPSA) is 57.2 Å². The molecule has 0 amide bonds. The lowest BCUT2D eigenvalue weighted by Crippen LogP contribution is -2.46. The Morgan fingerprint density at radius 1 is 1.00 bits per heavy atom. The maximum absolute atomic E-state index is 10.8. The molecule has 0 aromatic heterocycles. The lowest BCUT2D eigenvalue weighted by atomic mass is 9.49. The summed E-state index contributed by atoms with van der Waals surface area (Å²) in [6, 6.07) is 0. The maximum atomic E-state index is 10.8. The normalized spacial score (nSPS) is 46.2. The summed E-state index contributed by atoms with van der Waals surface area (Å²) in [4.78, 5) is 0. The monoisotopic (exact) mass is 243 g/mol. The van der Waals surface area contributed by atoms with Crippen molar-refractivity contribution in [3.63, 3.8) is 0 Å². The van der Waals surface area contributed by atoms with Crippen molar-refractivity contribution in [2.24, 2.45) is 23.2 Å². The van der Waals surface area contributed by atoms with Crippen molar-refractivity contribution < 1.29 is 13.0 Å². The van der Waals surface area contributed by atoms with Crippen molar-refractivity contribution in [1.82, 2.24) is 0 Å². The first-order chi connectivity index (χ1) is 7.44. The van der Waals surface area contributed by atoms with Crippen molar-refractivity contribution in [3.8, 4) is 0 Å². The van der Waals surface area contributed by atoms with E-state index in [-0.39, 0.29) is 11.2 Å². The SMILES string of the molecule is O=S(=O)([O-])CCC12CC3CC(CC(C3)C1)C2. The predicted molar refractivity (Wildman–Crippen MR) is 59.8 cm³/mol. The van der Waals surface area contributed by atoms with Crippen molar-refractivity contribution in [2.75, 3.05) is 5.75 Å². The highest BCUT2D eigenvalue weighted by Crippen LogP contribution is 2.61. The fourth-order valence-electron chi connectivity index (χ4n) is 4.94. The molecule has 4 rings (SSSR count). The van der Waals surface area contributed by atoms with E-state index < -0.39 is 10.1 Å². The molecule has 0 aliphatic heterocycles. The number of hydrogen-bond donors (Lipinski definition) is 0. The van der Waals surface area contributed by atoms with E-state index in [1.807, 2.05) is 0 Å². The second kappa shape index (κ2) is 3.45. The smallest absolute Gasteiger partial charge is 0.0946 e. The molecule has 3 nitrogen and oxygen atoms in total. The van der Waals surface area contributed by atoms with Gasteiger partial charge in [0.15, 0.2) is 0 Å². The van der Waals surface area contributed by atoms with Crippen LogP contribution in [0.1, 0.15) is 44.9 Å². The summed E-state index contributed by atoms with van der Waals surface area (Å²) in [5.41, 5.74) is 0.228. The summed E-state index contributed by atoms with van der Waals surface area (Å²) < 4.78 is 32.3. The lowest BCUT2D eigenvalue weighted by Gasteiger charge is -2.57. The van der Waals surface area contributed by atoms with Crippen LogP contribution < -0.4 is 0 Å². The van der Waals surface area contributed by atoms with E-state index in [1.54, 1.807) is 0 Å². The molecule has 0 heterocycles. The summed E-state index contributed by atoms with van der Waals surface area (Å²) in [7, 11) is -4.02. The third-order valence-corrected chi connectivity index (χ3v) is 5.75. The third kappa shape index (κ3) is 2.02. The molecule has 0 atom stereocenters. The lowest BCUT2D eigenvalue weighted by molar-refractivity contribution is -0.0542. The van der Waals surface area contributed by atoms with E-state index in [2.05, 4.69) is 0 Å². The van der Waals surface area contributed by atoms with E-state index in [4.69, 9.17) is 0 Å². The van der Waals surface area contributed by atoms with Gasteiger partial charge in [-0.05, 0) is 68.1 Å². The van der Waals surface area contributed by atoms with Gasteiger partial charge in [0.2, 0.25) is 0 Å². The minimum atomic E-state index is -4.02. The second-order valence-electron chi connectivity index (χ2n) is 6.43. The molecule has 16 heavy (non-hydrogen) atoms. The van der Waals surface area contributed by atoms with Gasteiger partial charge >= 0.3 is 0 Å². The minimum Gasteiger partial charge on any atom is -0.748 e. The zero-order chi connectivity index (χ0) is 11.4. The predicted octanol–water partition coefficient (Wildman–Crippen LogP) is 2.14. The molecule has 0 aromatic rings. The summed E-state index contributed by atoms with van der Waals surface area (Å²) >= 11 is 0. The maximum Gasteiger partial charge on any atom is 0.0946 e. The molecule has 4 aliphatic carbocycles. The van der Waals surface area contributed by atoms with Gasteiger partial charge in [0.05, 0.1) is 10.1 Å². The number of hydrogen-bond acceptors (Lipinski definition) is 3. The van der Waals surface area contributed by atoms with E-state index >= 15 is 0 Å². The van der Waals surface area contributed by atoms with Crippen molar-refractivity contribution in [2.45, 2.75) is 44.9 Å². The Labute approximate surface area is 97.4 Å². The summed E-state index contributed by atoms with van der Waals surface area (Å²) in [6.45, 7) is 0. The molecule has 0 unspecified atom stereocenters. The first kappa shape index (κ1) is 11.0. The number of rotatable bonds is 3. The second-order valence-corrected chi connectivity index (χ2v) is 7.95. The molecule has 0 saturated heterocycles. The van der Waals surface area contributed by atoms with Gasteiger partial charge in [-0.25, -0.2) is 8.42 Å². The Morgan fingerprint density at radius 2 is 1.44 bits per heavy atom. The standard InChI is InChI=1S/C12H20O3S/c13-16(14,15)2-1-12-6-9-3-10(7-12)5-11(4-9)8-12/h9-11H,1-8H2,(H,13,14,15)/p-1. The highest BCUT2D eigenvalue weighted by molar-refractivity contribution is 7.85. The van der Waals surface area contributed by atoms with Crippen molar-refractivity contribution >= 4 is 10.1 Å². The molecule has 92 valence electrons. The molecule has 0 aromatic carbocycles. The Kier molecular flexibility index (Phi) is 2.38. The van der Waals surface area contributed by atoms with E-state index in [0.717, 1.165) is 17.8 Å². The van der Waals surface area contributed by atoms with Crippen molar-refractivity contribution in [1.29, 1.82) is 0 Å². The van der Waals surface area contributed by atoms with E-state index in [0.29, 0.717) is 6.42 Å². The average molecular weight is 243 g/mol. The molecule has 4 aliphatic rings. The molecule has 0 N–H and O–H groups in total. The Balaban J connectivity index is 1.74. The average Bonchev–Trinajstić information content (AvgIpc) is 2.11. The van der Waals surface area contributed by atoms with E-state index in [9.17, 15) is 13.0 Å². The molecule has 4 bridgehead atoms. The van der Waals surface area contributed by atoms with Crippen LogP contribution in [0, 0.1) is 23.2 Å². The fraction of sp³-hybridized carbons (Fsp3) is 1.00. The summed E-state index contributed by atoms with van der Waals surface area (Å²) in [5.74, 6) is 2.36. The first-order valence-electron chi connectivity index (χ1n) is 6.38. The van der Waals surface area contributed by atoms with Crippen LogP contribution in [0.5, 0.6) is 0 Å². The van der Waals surface area contributed by atoms with Crippen LogP contribution in [0.15, 0.2) is 0 Å². The van der Waals surface area contributed by atoms with Crippen LogP contribution in [-0.2, 0) is 10.1 Å². The molecule has 0 radical (unpaired) electrons. The molecule has 0 spiro atoms. The van der Waals surface area contributed by atoms with Crippen LogP contribution >= 0.6 is 0 Å². The largest absolute Gasteiger partial charge is 0.748 e. The minimum absolute atomic E-state index is 0.140. The van der Waals surface area contributed by atoms with E-state index in [1.165, 1.54) is 38.5 Å². The zero-order valence-electron chi connectivity index (χ0n) is 9.52. The van der Waals surface area contributed by atoms with Gasteiger partial charge in [0.25, 0.3) is 0 Å². The molecule has 4 saturated carbocycles. The van der Waals surface area contributed by atoms with Crippen LogP contribution in [0.4, 0.5) is 0 Å². The Hall–Kier alpha value is -0.0900. The van der Waals surface area contributed by atoms with Crippen LogP contribution in [-0.4, -0.2) is 18.7 Å². The fourth-order valence-corrected chi connectivity index (χ4v) is 5.62. The van der Waals surface area contributed by atoms with Crippen LogP contribution in [0.3, 0.4) is 0 Å².